The van der Waals surface area contributed by atoms with Gasteiger partial charge in [-0.15, -0.1) is 0 Å². The van der Waals surface area contributed by atoms with Crippen molar-refractivity contribution in [3.05, 3.63) is 0 Å². The molecule has 0 aromatic rings. The lowest BCUT2D eigenvalue weighted by Gasteiger charge is -2.51. The van der Waals surface area contributed by atoms with E-state index in [4.69, 9.17) is 90.0 Å². The van der Waals surface area contributed by atoms with Gasteiger partial charge in [0.2, 0.25) is 35.4 Å². The quantitative estimate of drug-likeness (QED) is 0.0290. The van der Waals surface area contributed by atoms with Gasteiger partial charge in [0, 0.05) is 41.5 Å². The van der Waals surface area contributed by atoms with Crippen LogP contribution >= 0.6 is 0 Å². The lowest BCUT2D eigenvalue weighted by Crippen LogP contribution is -2.71. The molecule has 128 heavy (non-hydrogen) atoms. The van der Waals surface area contributed by atoms with E-state index in [1.54, 1.807) is 0 Å². The van der Waals surface area contributed by atoms with Gasteiger partial charge in [-0.25, -0.2) is 0 Å². The van der Waals surface area contributed by atoms with Crippen molar-refractivity contribution in [2.45, 2.75) is 355 Å². The largest absolute Gasteiger partial charge is 0.394 e. The number of ether oxygens (including phenoxy) is 19. The number of aliphatic hydroxyl groups excluding tert-OH is 25. The second-order valence-electron chi connectivity index (χ2n) is 32.5. The average Bonchev–Trinajstić information content (AvgIpc) is 0.760. The van der Waals surface area contributed by atoms with E-state index < -0.39 is 402 Å². The number of hydrogen-bond acceptors (Lipinski definition) is 50. The van der Waals surface area contributed by atoms with Crippen LogP contribution < -0.4 is 31.9 Å². The van der Waals surface area contributed by atoms with Crippen LogP contribution in [0.2, 0.25) is 0 Å². The summed E-state index contributed by atoms with van der Waals surface area (Å²) in [5, 5.41) is 297. The summed E-state index contributed by atoms with van der Waals surface area (Å²) in [6.07, 6.45) is -90.9. The van der Waals surface area contributed by atoms with Gasteiger partial charge in [-0.05, 0) is 6.92 Å². The third-order valence-corrected chi connectivity index (χ3v) is 23.2. The highest BCUT2D eigenvalue weighted by atomic mass is 16.8. The molecule has 10 heterocycles. The van der Waals surface area contributed by atoms with Crippen LogP contribution in [0.15, 0.2) is 0 Å². The molecule has 50 atom stereocenters. The first-order chi connectivity index (χ1) is 60.5. The Morgan fingerprint density at radius 2 is 0.484 bits per heavy atom. The number of carbonyl (C=O) groups is 6. The standard InChI is InChI=1S/C72H120N6O50/c1-17-39(92)51(104)54(107)69(112-17)110-16-32-59(47(100)33(63(109)113-32)73-18(2)86)124-66-36(76-21(5)89)50(103)58(30(14-85)118-66)125-70-55(108)60(126-72-62(53(106)43(96)27(11-82)117-72)128-68-38(78-23(7)91)49(102)57(29(13-84)120-68)123-65-35(75-20(4)88)46(99)41(94)25(9-80)115-65)44(97)31(121-70)15-111-71-61(52(105)42(95)26(10-81)116-71)127-67-37(77-22(6)90)48(101)56(28(12-83)119-67)122-64-34(74-19(3)87)45(98)40(93)24(8-79)114-64/h17,24-72,79-85,92-109H,8-16H2,1-7H3,(H,73,86)(H,74,87)(H,75,88)(H,76,89)(H,77,90)(H,78,91)/t17-,24-,25-,26-,27-,28-,29-,30-,31-,32-,33-,34-,35-,36-,37-,38-,39+,40+,41+,42-,43-,44-,45-,46-,47-,48-,49-,50-,51+,52+,53+,54-,55+,56-,57-,58-,59-,60+,61+,62+,63-,64+,65+,66+,67+,68+,69+,70+,71+,72-/m1/s1. The van der Waals surface area contributed by atoms with Crippen molar-refractivity contribution in [2.24, 2.45) is 0 Å². The molecular weight excluding hydrogens is 1750 g/mol. The van der Waals surface area contributed by atoms with Crippen molar-refractivity contribution in [3.63, 3.8) is 0 Å². The Balaban J connectivity index is 0.993. The summed E-state index contributed by atoms with van der Waals surface area (Å²) in [5.74, 6) is -5.41. The van der Waals surface area contributed by atoms with E-state index in [0.29, 0.717) is 0 Å². The monoisotopic (exact) mass is 1870 g/mol. The van der Waals surface area contributed by atoms with E-state index in [1.165, 1.54) is 6.92 Å². The summed E-state index contributed by atoms with van der Waals surface area (Å²) in [6.45, 7) is -2.88. The molecule has 0 aliphatic carbocycles. The molecule has 0 aromatic heterocycles. The molecule has 10 aliphatic heterocycles. The molecule has 0 saturated carbocycles. The van der Waals surface area contributed by atoms with Gasteiger partial charge in [-0.3, -0.25) is 28.8 Å². The van der Waals surface area contributed by atoms with Crippen molar-refractivity contribution in [1.29, 1.82) is 0 Å². The minimum Gasteiger partial charge on any atom is -0.394 e. The van der Waals surface area contributed by atoms with Crippen molar-refractivity contribution < 1.29 is 246 Å². The molecule has 31 N–H and O–H groups in total. The molecule has 10 fully saturated rings. The maximum Gasteiger partial charge on any atom is 0.217 e. The topological polar surface area (TPSA) is 856 Å². The molecule has 0 aromatic carbocycles. The smallest absolute Gasteiger partial charge is 0.217 e. The normalized spacial score (nSPS) is 47.8. The summed E-state index contributed by atoms with van der Waals surface area (Å²) in [6, 6.07) is -11.1. The Bertz CT molecular complexity index is 3550. The number of carbonyl (C=O) groups excluding carboxylic acids is 6. The predicted octanol–water partition coefficient (Wildman–Crippen LogP) is -20.9. The Morgan fingerprint density at radius 1 is 0.219 bits per heavy atom. The molecule has 6 amide bonds. The third kappa shape index (κ3) is 23.8. The van der Waals surface area contributed by atoms with Crippen molar-refractivity contribution in [1.82, 2.24) is 31.9 Å². The van der Waals surface area contributed by atoms with Gasteiger partial charge in [0.25, 0.3) is 0 Å². The number of rotatable bonds is 33. The van der Waals surface area contributed by atoms with Crippen LogP contribution in [0.25, 0.3) is 0 Å². The van der Waals surface area contributed by atoms with Gasteiger partial charge >= 0.3 is 0 Å². The van der Waals surface area contributed by atoms with Crippen molar-refractivity contribution in [2.75, 3.05) is 59.5 Å². The van der Waals surface area contributed by atoms with E-state index >= 15 is 0 Å². The molecular formula is C72H120N6O50. The SMILES string of the molecule is CC(=O)N[C@@H]1[C@@H](O)[C@H](O[C@@H]2O[C@H](CO)[C@@H](O[C@@H]3O[C@H](CO[C@H]4O[C@H](CO)[C@@H](O)[C@H](O)[C@@H]4O[C@@H]4O[C@H](CO)[C@@H](O[C@@H]5O[C@H](CO)[C@H](O)[C@H](O)[C@H]5NC(C)=O)[C@H](O)[C@H]4NC(C)=O)[C@@H](O)[C@H](O[C@H]4O[C@H](CO)[C@@H](O)[C@H](O)[C@@H]4O[C@@H]4O[C@H](CO)[C@@H](O[C@@H]5O[C@H](CO)[C@H](O)[C@H](O)[C@H]5NC(C)=O)[C@H](O)[C@H]4NC(C)=O)[C@@H]3O)[C@H](O)[C@H]2NC(C)=O)[C@@H](CO[C@H]2O[C@H](C)[C@H](O)[C@H](O)[C@H]2O)O[C@H]1O. The van der Waals surface area contributed by atoms with Crippen LogP contribution in [0, 0.1) is 0 Å². The fourth-order valence-electron chi connectivity index (χ4n) is 16.6. The Kier molecular flexibility index (Phi) is 37.8. The van der Waals surface area contributed by atoms with Gasteiger partial charge in [0.05, 0.1) is 65.6 Å². The van der Waals surface area contributed by atoms with Gasteiger partial charge in [0.1, 0.15) is 238 Å². The Labute approximate surface area is 726 Å². The number of hydrogen-bond donors (Lipinski definition) is 31. The molecule has 738 valence electrons. The fourth-order valence-corrected chi connectivity index (χ4v) is 16.6. The number of aliphatic hydroxyl groups is 25. The highest BCUT2D eigenvalue weighted by molar-refractivity contribution is 5.75. The maximum atomic E-state index is 13.3. The molecule has 10 rings (SSSR count). The lowest BCUT2D eigenvalue weighted by atomic mass is 9.93. The van der Waals surface area contributed by atoms with Gasteiger partial charge in [0.15, 0.2) is 62.9 Å². The molecule has 0 spiro atoms. The molecule has 10 aliphatic rings. The minimum absolute atomic E-state index is 0.812. The van der Waals surface area contributed by atoms with E-state index in [2.05, 4.69) is 31.9 Å². The second kappa shape index (κ2) is 46.1. The molecule has 0 unspecified atom stereocenters. The first kappa shape index (κ1) is 105. The minimum atomic E-state index is -2.64. The highest BCUT2D eigenvalue weighted by Crippen LogP contribution is 2.41. The van der Waals surface area contributed by atoms with Gasteiger partial charge in [-0.2, -0.15) is 0 Å². The molecule has 10 saturated heterocycles. The van der Waals surface area contributed by atoms with Crippen LogP contribution in [0.1, 0.15) is 48.5 Å². The van der Waals surface area contributed by atoms with E-state index in [1.807, 2.05) is 0 Å². The summed E-state index contributed by atoms with van der Waals surface area (Å²) in [4.78, 5) is 76.8. The molecule has 56 heteroatoms. The van der Waals surface area contributed by atoms with Gasteiger partial charge in [-0.1, -0.05) is 0 Å². The Morgan fingerprint density at radius 3 is 0.852 bits per heavy atom. The van der Waals surface area contributed by atoms with E-state index in [9.17, 15) is 156 Å². The fraction of sp³-hybridized carbons (Fsp3) is 0.917. The van der Waals surface area contributed by atoms with Crippen LogP contribution in [0.3, 0.4) is 0 Å². The van der Waals surface area contributed by atoms with Crippen LogP contribution in [0.4, 0.5) is 0 Å². The zero-order valence-corrected chi connectivity index (χ0v) is 69.6. The highest BCUT2D eigenvalue weighted by Gasteiger charge is 2.62. The molecule has 56 nitrogen and oxygen atoms in total. The van der Waals surface area contributed by atoms with E-state index in [-0.39, 0.29) is 0 Å². The first-order valence-corrected chi connectivity index (χ1v) is 41.0. The summed E-state index contributed by atoms with van der Waals surface area (Å²) >= 11 is 0. The van der Waals surface area contributed by atoms with Crippen molar-refractivity contribution >= 4 is 35.4 Å². The van der Waals surface area contributed by atoms with Gasteiger partial charge < -0.3 is 250 Å². The van der Waals surface area contributed by atoms with Crippen LogP contribution in [0.5, 0.6) is 0 Å². The average molecular weight is 1870 g/mol. The summed E-state index contributed by atoms with van der Waals surface area (Å²) in [5.41, 5.74) is 0. The van der Waals surface area contributed by atoms with Crippen LogP contribution in [-0.2, 0) is 119 Å². The Hall–Kier alpha value is -4.94. The first-order valence-electron chi connectivity index (χ1n) is 41.0. The second-order valence-corrected chi connectivity index (χ2v) is 32.5. The van der Waals surface area contributed by atoms with E-state index in [0.717, 1.165) is 41.5 Å². The maximum absolute atomic E-state index is 13.3. The summed E-state index contributed by atoms with van der Waals surface area (Å²) < 4.78 is 114. The van der Waals surface area contributed by atoms with Crippen LogP contribution in [-0.4, -0.2) is 529 Å². The predicted molar refractivity (Wildman–Crippen MR) is 398 cm³/mol. The zero-order chi connectivity index (χ0) is 94.4. The number of nitrogens with one attached hydrogen (secondary N) is 6. The summed E-state index contributed by atoms with van der Waals surface area (Å²) in [7, 11) is 0. The molecule has 0 radical (unpaired) electrons. The molecule has 0 bridgehead atoms. The third-order valence-electron chi connectivity index (χ3n) is 23.2. The number of amides is 6. The zero-order valence-electron chi connectivity index (χ0n) is 69.6. The van der Waals surface area contributed by atoms with Crippen molar-refractivity contribution in [3.8, 4) is 0 Å². The lowest BCUT2D eigenvalue weighted by molar-refractivity contribution is -0.398.